The average Bonchev–Trinajstić information content (AvgIpc) is 3.25. The molecule has 4 aromatic rings. The Morgan fingerprint density at radius 2 is 1.53 bits per heavy atom. The van der Waals surface area contributed by atoms with Gasteiger partial charge in [-0.25, -0.2) is 0 Å². The summed E-state index contributed by atoms with van der Waals surface area (Å²) in [6.45, 7) is 0. The van der Waals surface area contributed by atoms with Gasteiger partial charge in [-0.3, -0.25) is 0 Å². The first-order valence-corrected chi connectivity index (χ1v) is 11.9. The van der Waals surface area contributed by atoms with Crippen LogP contribution >= 0.6 is 11.6 Å². The van der Waals surface area contributed by atoms with Crippen molar-refractivity contribution in [2.45, 2.75) is 37.5 Å². The smallest absolute Gasteiger partial charge is 0.143 e. The fourth-order valence-corrected chi connectivity index (χ4v) is 8.60. The summed E-state index contributed by atoms with van der Waals surface area (Å²) in [6.07, 6.45) is 7.02. The van der Waals surface area contributed by atoms with Gasteiger partial charge in [-0.1, -0.05) is 48.0 Å². The van der Waals surface area contributed by atoms with Gasteiger partial charge in [0.05, 0.1) is 0 Å². The Kier molecular flexibility index (Phi) is 2.92. The summed E-state index contributed by atoms with van der Waals surface area (Å²) >= 11 is 6.62. The molecule has 0 amide bonds. The van der Waals surface area contributed by atoms with E-state index in [-0.39, 0.29) is 5.41 Å². The van der Waals surface area contributed by atoms with Gasteiger partial charge < -0.3 is 4.42 Å². The van der Waals surface area contributed by atoms with Crippen LogP contribution in [0.4, 0.5) is 0 Å². The van der Waals surface area contributed by atoms with Gasteiger partial charge in [0.25, 0.3) is 0 Å². The summed E-state index contributed by atoms with van der Waals surface area (Å²) in [7, 11) is 0. The van der Waals surface area contributed by atoms with E-state index >= 15 is 0 Å². The van der Waals surface area contributed by atoms with Crippen LogP contribution in [0.15, 0.2) is 59.0 Å². The summed E-state index contributed by atoms with van der Waals surface area (Å²) in [4.78, 5) is 0. The number of benzene rings is 3. The van der Waals surface area contributed by atoms with Crippen LogP contribution in [0.2, 0.25) is 5.02 Å². The molecule has 2 heteroatoms. The molecule has 1 spiro atoms. The Hall–Kier alpha value is -2.25. The Morgan fingerprint density at radius 1 is 0.767 bits per heavy atom. The molecule has 9 rings (SSSR count). The van der Waals surface area contributed by atoms with Crippen LogP contribution in [0.5, 0.6) is 0 Å². The summed E-state index contributed by atoms with van der Waals surface area (Å²) in [5.41, 5.74) is 7.93. The molecule has 4 fully saturated rings. The molecule has 30 heavy (non-hydrogen) atoms. The molecule has 1 aromatic heterocycles. The van der Waals surface area contributed by atoms with Crippen molar-refractivity contribution in [1.29, 1.82) is 0 Å². The van der Waals surface area contributed by atoms with E-state index in [9.17, 15) is 0 Å². The van der Waals surface area contributed by atoms with E-state index < -0.39 is 0 Å². The van der Waals surface area contributed by atoms with Crippen molar-refractivity contribution < 1.29 is 4.42 Å². The van der Waals surface area contributed by atoms with Crippen molar-refractivity contribution in [2.24, 2.45) is 23.7 Å². The molecule has 5 aliphatic carbocycles. The SMILES string of the molecule is Clc1ccc2c(c1)C1(c3ccc4c(oc5ccccc54)c3-2)C2CC3CC(C2)CC1C3. The quantitative estimate of drug-likeness (QED) is 0.286. The third-order valence-electron chi connectivity index (χ3n) is 9.12. The normalized spacial score (nSPS) is 33.0. The maximum atomic E-state index is 6.62. The van der Waals surface area contributed by atoms with Crippen LogP contribution in [-0.4, -0.2) is 0 Å². The van der Waals surface area contributed by atoms with Crippen molar-refractivity contribution in [3.8, 4) is 11.1 Å². The van der Waals surface area contributed by atoms with E-state index in [0.29, 0.717) is 0 Å². The van der Waals surface area contributed by atoms with Gasteiger partial charge in [0.15, 0.2) is 0 Å². The van der Waals surface area contributed by atoms with Gasteiger partial charge in [-0.05, 0) is 90.7 Å². The van der Waals surface area contributed by atoms with Crippen molar-refractivity contribution >= 4 is 33.5 Å². The number of fused-ring (bicyclic) bond motifs is 7. The topological polar surface area (TPSA) is 13.1 Å². The molecule has 5 aliphatic rings. The monoisotopic (exact) mass is 410 g/mol. The number of hydrogen-bond donors (Lipinski definition) is 0. The van der Waals surface area contributed by atoms with Crippen LogP contribution in [0.25, 0.3) is 33.1 Å². The fourth-order valence-electron chi connectivity index (χ4n) is 8.43. The van der Waals surface area contributed by atoms with E-state index in [1.165, 1.54) is 65.1 Å². The molecule has 1 heterocycles. The Bertz CT molecular complexity index is 1350. The summed E-state index contributed by atoms with van der Waals surface area (Å²) in [6, 6.07) is 19.9. The summed E-state index contributed by atoms with van der Waals surface area (Å²) < 4.78 is 6.54. The highest BCUT2D eigenvalue weighted by atomic mass is 35.5. The highest BCUT2D eigenvalue weighted by Crippen LogP contribution is 2.70. The van der Waals surface area contributed by atoms with Gasteiger partial charge in [0.1, 0.15) is 11.2 Å². The molecule has 0 aliphatic heterocycles. The highest BCUT2D eigenvalue weighted by Gasteiger charge is 2.62. The Balaban J connectivity index is 1.52. The minimum atomic E-state index is 0.135. The average molecular weight is 411 g/mol. The molecule has 4 bridgehead atoms. The van der Waals surface area contributed by atoms with E-state index in [1.54, 1.807) is 0 Å². The molecule has 4 saturated carbocycles. The molecular weight excluding hydrogens is 388 g/mol. The largest absolute Gasteiger partial charge is 0.455 e. The van der Waals surface area contributed by atoms with Crippen molar-refractivity contribution in [2.75, 3.05) is 0 Å². The molecule has 148 valence electrons. The highest BCUT2D eigenvalue weighted by molar-refractivity contribution is 6.31. The first kappa shape index (κ1) is 16.4. The van der Waals surface area contributed by atoms with Crippen LogP contribution in [0.1, 0.15) is 43.2 Å². The van der Waals surface area contributed by atoms with Gasteiger partial charge in [0, 0.05) is 26.8 Å². The lowest BCUT2D eigenvalue weighted by molar-refractivity contribution is -0.0399. The minimum absolute atomic E-state index is 0.135. The molecule has 0 atom stereocenters. The van der Waals surface area contributed by atoms with E-state index in [4.69, 9.17) is 16.0 Å². The maximum absolute atomic E-state index is 6.62. The summed E-state index contributed by atoms with van der Waals surface area (Å²) in [5.74, 6) is 3.38. The van der Waals surface area contributed by atoms with Crippen molar-refractivity contribution in [3.63, 3.8) is 0 Å². The second kappa shape index (κ2) is 5.32. The third-order valence-corrected chi connectivity index (χ3v) is 9.35. The first-order valence-electron chi connectivity index (χ1n) is 11.5. The zero-order valence-electron chi connectivity index (χ0n) is 16.8. The standard InChI is InChI=1S/C28H23ClO/c29-19-5-6-22-24(14-19)28(17-10-15-9-16(12-17)13-18(28)11-15)23-8-7-21-20-3-1-2-4-25(20)30-27(21)26(22)23/h1-8,14-18H,9-13H2. The van der Waals surface area contributed by atoms with Crippen LogP contribution in [0.3, 0.4) is 0 Å². The number of rotatable bonds is 0. The lowest BCUT2D eigenvalue weighted by Crippen LogP contribution is -2.55. The molecule has 3 aromatic carbocycles. The molecular formula is C28H23ClO. The minimum Gasteiger partial charge on any atom is -0.455 e. The zero-order valence-corrected chi connectivity index (χ0v) is 17.6. The van der Waals surface area contributed by atoms with Crippen LogP contribution in [0, 0.1) is 23.7 Å². The molecule has 1 nitrogen and oxygen atoms in total. The molecule has 0 saturated heterocycles. The maximum Gasteiger partial charge on any atom is 0.143 e. The molecule has 0 unspecified atom stereocenters. The summed E-state index contributed by atoms with van der Waals surface area (Å²) in [5, 5.41) is 3.33. The molecule has 0 N–H and O–H groups in total. The first-order chi connectivity index (χ1) is 14.7. The van der Waals surface area contributed by atoms with Gasteiger partial charge in [-0.15, -0.1) is 0 Å². The number of furan rings is 1. The lowest BCUT2D eigenvalue weighted by Gasteiger charge is -2.61. The van der Waals surface area contributed by atoms with Crippen molar-refractivity contribution in [3.05, 3.63) is 70.7 Å². The number of halogens is 1. The van der Waals surface area contributed by atoms with E-state index in [1.807, 2.05) is 0 Å². The van der Waals surface area contributed by atoms with Crippen LogP contribution < -0.4 is 0 Å². The number of para-hydroxylation sites is 1. The van der Waals surface area contributed by atoms with E-state index in [0.717, 1.165) is 39.9 Å². The number of hydrogen-bond acceptors (Lipinski definition) is 1. The fraction of sp³-hybridized carbons (Fsp3) is 0.357. The molecule has 0 radical (unpaired) electrons. The van der Waals surface area contributed by atoms with Gasteiger partial charge in [0.2, 0.25) is 0 Å². The predicted molar refractivity (Wildman–Crippen MR) is 122 cm³/mol. The van der Waals surface area contributed by atoms with Crippen molar-refractivity contribution in [1.82, 2.24) is 0 Å². The Labute approximate surface area is 181 Å². The van der Waals surface area contributed by atoms with Gasteiger partial charge >= 0.3 is 0 Å². The second-order valence-corrected chi connectivity index (χ2v) is 10.8. The third kappa shape index (κ3) is 1.76. The zero-order chi connectivity index (χ0) is 19.6. The van der Waals surface area contributed by atoms with E-state index in [2.05, 4.69) is 54.6 Å². The van der Waals surface area contributed by atoms with Crippen LogP contribution in [-0.2, 0) is 5.41 Å². The lowest BCUT2D eigenvalue weighted by atomic mass is 9.43. The predicted octanol–water partition coefficient (Wildman–Crippen LogP) is 7.96. The van der Waals surface area contributed by atoms with Gasteiger partial charge in [-0.2, -0.15) is 0 Å². The Morgan fingerprint density at radius 3 is 2.33 bits per heavy atom. The second-order valence-electron chi connectivity index (χ2n) is 10.3.